The first-order chi connectivity index (χ1) is 7.66. The van der Waals surface area contributed by atoms with E-state index in [0.29, 0.717) is 13.0 Å². The topological polar surface area (TPSA) is 29.5 Å². The normalized spacial score (nSPS) is 20.8. The smallest absolute Gasteiger partial charge is 0.122 e. The number of rotatable bonds is 3. The van der Waals surface area contributed by atoms with Crippen LogP contribution in [0.5, 0.6) is 5.75 Å². The fourth-order valence-electron chi connectivity index (χ4n) is 2.12. The van der Waals surface area contributed by atoms with Crippen molar-refractivity contribution in [3.05, 3.63) is 42.0 Å². The quantitative estimate of drug-likeness (QED) is 0.790. The molecule has 2 rings (SSSR count). The van der Waals surface area contributed by atoms with Crippen LogP contribution in [0.25, 0.3) is 0 Å². The second-order valence-corrected chi connectivity index (χ2v) is 4.61. The summed E-state index contributed by atoms with van der Waals surface area (Å²) in [4.78, 5) is 0. The van der Waals surface area contributed by atoms with E-state index >= 15 is 0 Å². The Balaban J connectivity index is 2.05. The highest BCUT2D eigenvalue weighted by atomic mass is 16.5. The highest BCUT2D eigenvalue weighted by molar-refractivity contribution is 5.35. The average Bonchev–Trinajstić information content (AvgIpc) is 2.27. The first kappa shape index (κ1) is 11.2. The maximum absolute atomic E-state index is 10.0. The van der Waals surface area contributed by atoms with Crippen LogP contribution in [-0.2, 0) is 6.42 Å². The van der Waals surface area contributed by atoms with Crippen molar-refractivity contribution < 1.29 is 9.84 Å². The van der Waals surface area contributed by atoms with Crippen molar-refractivity contribution in [1.29, 1.82) is 0 Å². The Morgan fingerprint density at radius 3 is 3.06 bits per heavy atom. The maximum atomic E-state index is 10.0. The third-order valence-electron chi connectivity index (χ3n) is 3.01. The summed E-state index contributed by atoms with van der Waals surface area (Å²) in [5, 5.41) is 10.0. The summed E-state index contributed by atoms with van der Waals surface area (Å²) < 4.78 is 5.65. The molecule has 1 N–H and O–H groups in total. The molecule has 1 aromatic carbocycles. The minimum absolute atomic E-state index is 0.187. The lowest BCUT2D eigenvalue weighted by Gasteiger charge is -2.28. The summed E-state index contributed by atoms with van der Waals surface area (Å²) >= 11 is 0. The Hall–Kier alpha value is -1.28. The van der Waals surface area contributed by atoms with Gasteiger partial charge in [-0.2, -0.15) is 0 Å². The van der Waals surface area contributed by atoms with Crippen molar-refractivity contribution in [3.63, 3.8) is 0 Å². The maximum Gasteiger partial charge on any atom is 0.122 e. The van der Waals surface area contributed by atoms with E-state index < -0.39 is 0 Å². The highest BCUT2D eigenvalue weighted by Gasteiger charge is 2.25. The second-order valence-electron chi connectivity index (χ2n) is 4.61. The molecule has 2 unspecified atom stereocenters. The van der Waals surface area contributed by atoms with Crippen molar-refractivity contribution in [1.82, 2.24) is 0 Å². The van der Waals surface area contributed by atoms with Gasteiger partial charge in [-0.1, -0.05) is 23.8 Å². The number of aliphatic hydroxyl groups is 1. The van der Waals surface area contributed by atoms with Crippen LogP contribution >= 0.6 is 0 Å². The van der Waals surface area contributed by atoms with E-state index in [2.05, 4.69) is 12.6 Å². The van der Waals surface area contributed by atoms with Gasteiger partial charge in [-0.25, -0.2) is 0 Å². The average molecular weight is 218 g/mol. The molecule has 0 radical (unpaired) electrons. The van der Waals surface area contributed by atoms with Gasteiger partial charge in [-0.15, -0.1) is 6.58 Å². The molecule has 1 aliphatic rings. The van der Waals surface area contributed by atoms with Gasteiger partial charge in [0.25, 0.3) is 0 Å². The predicted molar refractivity (Wildman–Crippen MR) is 64.6 cm³/mol. The first-order valence-electron chi connectivity index (χ1n) is 5.70. The van der Waals surface area contributed by atoms with E-state index in [1.165, 1.54) is 5.56 Å². The summed E-state index contributed by atoms with van der Waals surface area (Å²) in [5.74, 6) is 1.15. The molecule has 0 amide bonds. The molecule has 0 saturated carbocycles. The first-order valence-corrected chi connectivity index (χ1v) is 5.70. The SMILES string of the molecule is C=C(C)CC(O)C1COc2ccccc2C1. The van der Waals surface area contributed by atoms with Gasteiger partial charge in [-0.05, 0) is 31.4 Å². The molecule has 1 heterocycles. The van der Waals surface area contributed by atoms with E-state index in [0.717, 1.165) is 17.7 Å². The zero-order chi connectivity index (χ0) is 11.5. The lowest BCUT2D eigenvalue weighted by molar-refractivity contribution is 0.0653. The molecule has 2 heteroatoms. The third kappa shape index (κ3) is 2.45. The standard InChI is InChI=1S/C14H18O2/c1-10(2)7-13(15)12-8-11-5-3-4-6-14(11)16-9-12/h3-6,12-13,15H,1,7-9H2,2H3. The third-order valence-corrected chi connectivity index (χ3v) is 3.01. The van der Waals surface area contributed by atoms with Crippen molar-refractivity contribution in [2.24, 2.45) is 5.92 Å². The molecule has 0 bridgehead atoms. The Kier molecular flexibility index (Phi) is 3.30. The van der Waals surface area contributed by atoms with E-state index in [9.17, 15) is 5.11 Å². The van der Waals surface area contributed by atoms with Gasteiger partial charge in [-0.3, -0.25) is 0 Å². The largest absolute Gasteiger partial charge is 0.493 e. The summed E-state index contributed by atoms with van der Waals surface area (Å²) in [6.07, 6.45) is 1.21. The van der Waals surface area contributed by atoms with Gasteiger partial charge in [0.1, 0.15) is 5.75 Å². The molecule has 86 valence electrons. The van der Waals surface area contributed by atoms with Gasteiger partial charge in [0.2, 0.25) is 0 Å². The van der Waals surface area contributed by atoms with Gasteiger partial charge in [0, 0.05) is 5.92 Å². The number of aliphatic hydroxyl groups excluding tert-OH is 1. The molecule has 2 atom stereocenters. The van der Waals surface area contributed by atoms with Crippen molar-refractivity contribution >= 4 is 0 Å². The molecule has 0 spiro atoms. The zero-order valence-corrected chi connectivity index (χ0v) is 9.65. The lowest BCUT2D eigenvalue weighted by Crippen LogP contribution is -2.31. The van der Waals surface area contributed by atoms with Crippen molar-refractivity contribution in [2.45, 2.75) is 25.9 Å². The van der Waals surface area contributed by atoms with Gasteiger partial charge >= 0.3 is 0 Å². The molecular formula is C14H18O2. The van der Waals surface area contributed by atoms with Crippen molar-refractivity contribution in [2.75, 3.05) is 6.61 Å². The number of hydrogen-bond acceptors (Lipinski definition) is 2. The van der Waals surface area contributed by atoms with Crippen LogP contribution in [0.15, 0.2) is 36.4 Å². The number of para-hydroxylation sites is 1. The van der Waals surface area contributed by atoms with Crippen molar-refractivity contribution in [3.8, 4) is 5.75 Å². The fourth-order valence-corrected chi connectivity index (χ4v) is 2.12. The van der Waals surface area contributed by atoms with E-state index in [1.54, 1.807) is 0 Å². The molecule has 0 aliphatic carbocycles. The number of ether oxygens (including phenoxy) is 1. The molecule has 1 aromatic rings. The van der Waals surface area contributed by atoms with Crippen LogP contribution in [0.3, 0.4) is 0 Å². The van der Waals surface area contributed by atoms with Crippen LogP contribution in [0, 0.1) is 5.92 Å². The molecule has 2 nitrogen and oxygen atoms in total. The summed E-state index contributed by atoms with van der Waals surface area (Å²) in [5.41, 5.74) is 2.21. The summed E-state index contributed by atoms with van der Waals surface area (Å²) in [7, 11) is 0. The number of fused-ring (bicyclic) bond motifs is 1. The highest BCUT2D eigenvalue weighted by Crippen LogP contribution is 2.29. The Morgan fingerprint density at radius 1 is 1.56 bits per heavy atom. The summed E-state index contributed by atoms with van der Waals surface area (Å²) in [6, 6.07) is 8.03. The fraction of sp³-hybridized carbons (Fsp3) is 0.429. The molecule has 0 saturated heterocycles. The molecule has 1 aliphatic heterocycles. The van der Waals surface area contributed by atoms with Gasteiger partial charge in [0.15, 0.2) is 0 Å². The van der Waals surface area contributed by atoms with Gasteiger partial charge < -0.3 is 9.84 Å². The monoisotopic (exact) mass is 218 g/mol. The van der Waals surface area contributed by atoms with Crippen LogP contribution in [0.4, 0.5) is 0 Å². The van der Waals surface area contributed by atoms with E-state index in [1.807, 2.05) is 25.1 Å². The minimum atomic E-state index is -0.342. The second kappa shape index (κ2) is 4.71. The molecule has 0 aromatic heterocycles. The van der Waals surface area contributed by atoms with Crippen LogP contribution in [0.2, 0.25) is 0 Å². The predicted octanol–water partition coefficient (Wildman–Crippen LogP) is 2.56. The van der Waals surface area contributed by atoms with Crippen LogP contribution in [0.1, 0.15) is 18.9 Å². The molecular weight excluding hydrogens is 200 g/mol. The Labute approximate surface area is 96.6 Å². The van der Waals surface area contributed by atoms with E-state index in [-0.39, 0.29) is 12.0 Å². The molecule has 0 fully saturated rings. The minimum Gasteiger partial charge on any atom is -0.493 e. The number of hydrogen-bond donors (Lipinski definition) is 1. The van der Waals surface area contributed by atoms with Crippen LogP contribution in [-0.4, -0.2) is 17.8 Å². The van der Waals surface area contributed by atoms with E-state index in [4.69, 9.17) is 4.74 Å². The lowest BCUT2D eigenvalue weighted by atomic mass is 9.89. The number of benzene rings is 1. The van der Waals surface area contributed by atoms with Gasteiger partial charge in [0.05, 0.1) is 12.7 Å². The Bertz CT molecular complexity index is 384. The van der Waals surface area contributed by atoms with Crippen LogP contribution < -0.4 is 4.74 Å². The molecule has 16 heavy (non-hydrogen) atoms. The zero-order valence-electron chi connectivity index (χ0n) is 9.65. The summed E-state index contributed by atoms with van der Waals surface area (Å²) in [6.45, 7) is 6.38. The Morgan fingerprint density at radius 2 is 2.31 bits per heavy atom.